The summed E-state index contributed by atoms with van der Waals surface area (Å²) >= 11 is 0. The fourth-order valence-corrected chi connectivity index (χ4v) is 4.38. The number of ketones is 1. The number of anilines is 1. The number of carbonyl (C=O) groups excluding carboxylic acids is 1. The lowest BCUT2D eigenvalue weighted by molar-refractivity contribution is 0.104. The zero-order valence-electron chi connectivity index (χ0n) is 15.4. The summed E-state index contributed by atoms with van der Waals surface area (Å²) < 4.78 is 5.26. The first-order valence-electron chi connectivity index (χ1n) is 9.67. The van der Waals surface area contributed by atoms with Crippen LogP contribution in [0.4, 0.5) is 5.69 Å². The van der Waals surface area contributed by atoms with Crippen molar-refractivity contribution in [2.24, 2.45) is 5.92 Å². The first-order chi connectivity index (χ1) is 13.8. The highest BCUT2D eigenvalue weighted by molar-refractivity contribution is 6.07. The molecule has 1 aromatic heterocycles. The monoisotopic (exact) mass is 367 g/mol. The Hall–Kier alpha value is -3.33. The van der Waals surface area contributed by atoms with Crippen LogP contribution >= 0.6 is 0 Å². The minimum absolute atomic E-state index is 0.0112. The third kappa shape index (κ3) is 2.99. The predicted molar refractivity (Wildman–Crippen MR) is 111 cm³/mol. The van der Waals surface area contributed by atoms with Crippen LogP contribution in [0.5, 0.6) is 0 Å². The summed E-state index contributed by atoms with van der Waals surface area (Å²) in [6.45, 7) is 0. The predicted octanol–water partition coefficient (Wildman–Crippen LogP) is 6.00. The van der Waals surface area contributed by atoms with Crippen LogP contribution in [-0.2, 0) is 0 Å². The Morgan fingerprint density at radius 1 is 1.07 bits per heavy atom. The molecule has 0 radical (unpaired) electrons. The second-order valence-electron chi connectivity index (χ2n) is 7.40. The number of benzene rings is 2. The van der Waals surface area contributed by atoms with Crippen molar-refractivity contribution in [1.29, 1.82) is 0 Å². The molecule has 3 heteroatoms. The second kappa shape index (κ2) is 7.01. The molecular weight excluding hydrogens is 346 g/mol. The molecule has 28 heavy (non-hydrogen) atoms. The third-order valence-corrected chi connectivity index (χ3v) is 5.75. The molecule has 2 heterocycles. The van der Waals surface area contributed by atoms with Crippen molar-refractivity contribution in [2.45, 2.75) is 18.4 Å². The average Bonchev–Trinajstić information content (AvgIpc) is 3.44. The van der Waals surface area contributed by atoms with Crippen LogP contribution in [0, 0.1) is 5.92 Å². The van der Waals surface area contributed by atoms with Crippen molar-refractivity contribution < 1.29 is 9.21 Å². The molecule has 5 rings (SSSR count). The van der Waals surface area contributed by atoms with Crippen molar-refractivity contribution in [3.05, 3.63) is 108 Å². The first-order valence-corrected chi connectivity index (χ1v) is 9.67. The van der Waals surface area contributed by atoms with Gasteiger partial charge >= 0.3 is 0 Å². The molecule has 0 bridgehead atoms. The Morgan fingerprint density at radius 2 is 1.96 bits per heavy atom. The van der Waals surface area contributed by atoms with Gasteiger partial charge in [0.15, 0.2) is 5.78 Å². The van der Waals surface area contributed by atoms with Crippen LogP contribution in [-0.4, -0.2) is 5.78 Å². The van der Waals surface area contributed by atoms with Crippen LogP contribution in [0.15, 0.2) is 89.6 Å². The van der Waals surface area contributed by atoms with E-state index >= 15 is 0 Å². The maximum atomic E-state index is 12.6. The summed E-state index contributed by atoms with van der Waals surface area (Å²) in [4.78, 5) is 12.6. The van der Waals surface area contributed by atoms with Gasteiger partial charge in [-0.3, -0.25) is 4.79 Å². The van der Waals surface area contributed by atoms with Crippen LogP contribution in [0.25, 0.3) is 6.08 Å². The summed E-state index contributed by atoms with van der Waals surface area (Å²) in [5.41, 5.74) is 4.35. The van der Waals surface area contributed by atoms with Crippen molar-refractivity contribution in [3.8, 4) is 0 Å². The van der Waals surface area contributed by atoms with Crippen LogP contribution in [0.1, 0.15) is 45.6 Å². The van der Waals surface area contributed by atoms with Gasteiger partial charge in [0.05, 0.1) is 12.3 Å². The molecule has 3 aromatic rings. The van der Waals surface area contributed by atoms with E-state index in [0.717, 1.165) is 12.1 Å². The first kappa shape index (κ1) is 16.8. The van der Waals surface area contributed by atoms with Crippen LogP contribution in [0.3, 0.4) is 0 Å². The number of nitrogens with one attached hydrogen (secondary N) is 1. The lowest BCUT2D eigenvalue weighted by atomic mass is 9.76. The van der Waals surface area contributed by atoms with Gasteiger partial charge < -0.3 is 9.73 Å². The molecule has 138 valence electrons. The fourth-order valence-electron chi connectivity index (χ4n) is 4.38. The number of rotatable bonds is 4. The van der Waals surface area contributed by atoms with Crippen molar-refractivity contribution in [2.75, 3.05) is 5.32 Å². The van der Waals surface area contributed by atoms with Crippen molar-refractivity contribution >= 4 is 17.5 Å². The maximum Gasteiger partial charge on any atom is 0.185 e. The molecule has 2 aromatic carbocycles. The van der Waals surface area contributed by atoms with Crippen molar-refractivity contribution in [3.63, 3.8) is 0 Å². The highest BCUT2D eigenvalue weighted by Gasteiger charge is 2.37. The molecule has 1 aliphatic heterocycles. The average molecular weight is 367 g/mol. The van der Waals surface area contributed by atoms with E-state index in [1.165, 1.54) is 11.1 Å². The topological polar surface area (TPSA) is 42.2 Å². The van der Waals surface area contributed by atoms with E-state index < -0.39 is 0 Å². The van der Waals surface area contributed by atoms with E-state index in [1.54, 1.807) is 18.4 Å². The maximum absolute atomic E-state index is 12.6. The number of carbonyl (C=O) groups is 1. The molecule has 0 fully saturated rings. The Bertz CT molecular complexity index is 1050. The van der Waals surface area contributed by atoms with Gasteiger partial charge in [0.25, 0.3) is 0 Å². The molecule has 0 saturated heterocycles. The quantitative estimate of drug-likeness (QED) is 0.349. The van der Waals surface area contributed by atoms with Gasteiger partial charge in [0.1, 0.15) is 5.76 Å². The fraction of sp³-hybridized carbons (Fsp3) is 0.160. The minimum atomic E-state index is -0.0112. The SMILES string of the molecule is O=C(/C=C/c1ccco1)c1ccc2c(c1)C1C=CCC1C(c1ccccc1)N2. The van der Waals surface area contributed by atoms with Crippen LogP contribution in [0.2, 0.25) is 0 Å². The summed E-state index contributed by atoms with van der Waals surface area (Å²) in [6.07, 6.45) is 10.5. The van der Waals surface area contributed by atoms with Crippen molar-refractivity contribution in [1.82, 2.24) is 0 Å². The van der Waals surface area contributed by atoms with Gasteiger partial charge in [-0.25, -0.2) is 0 Å². The van der Waals surface area contributed by atoms with E-state index in [0.29, 0.717) is 23.2 Å². The molecule has 1 aliphatic carbocycles. The van der Waals surface area contributed by atoms with Gasteiger partial charge in [0.2, 0.25) is 0 Å². The lowest BCUT2D eigenvalue weighted by Crippen LogP contribution is -2.29. The highest BCUT2D eigenvalue weighted by Crippen LogP contribution is 2.49. The Labute approximate surface area is 164 Å². The summed E-state index contributed by atoms with van der Waals surface area (Å²) in [5.74, 6) is 1.47. The third-order valence-electron chi connectivity index (χ3n) is 5.75. The summed E-state index contributed by atoms with van der Waals surface area (Å²) in [7, 11) is 0. The zero-order chi connectivity index (χ0) is 18.9. The second-order valence-corrected chi connectivity index (χ2v) is 7.40. The molecule has 0 amide bonds. The Kier molecular flexibility index (Phi) is 4.21. The summed E-state index contributed by atoms with van der Waals surface area (Å²) in [6, 6.07) is 20.5. The van der Waals surface area contributed by atoms with E-state index in [-0.39, 0.29) is 11.8 Å². The Morgan fingerprint density at radius 3 is 2.79 bits per heavy atom. The number of allylic oxidation sites excluding steroid dienone is 3. The van der Waals surface area contributed by atoms with E-state index in [2.05, 4.69) is 47.8 Å². The normalized spacial score (nSPS) is 22.6. The van der Waals surface area contributed by atoms with Gasteiger partial charge in [-0.15, -0.1) is 0 Å². The molecule has 1 N–H and O–H groups in total. The largest absolute Gasteiger partial charge is 0.465 e. The number of fused-ring (bicyclic) bond motifs is 3. The lowest BCUT2D eigenvalue weighted by Gasteiger charge is -2.37. The minimum Gasteiger partial charge on any atom is -0.465 e. The summed E-state index contributed by atoms with van der Waals surface area (Å²) in [5, 5.41) is 3.72. The van der Waals surface area contributed by atoms with E-state index in [4.69, 9.17) is 4.42 Å². The molecule has 3 nitrogen and oxygen atoms in total. The van der Waals surface area contributed by atoms with Gasteiger partial charge in [-0.05, 0) is 65.9 Å². The van der Waals surface area contributed by atoms with Crippen LogP contribution < -0.4 is 5.32 Å². The molecule has 0 saturated carbocycles. The highest BCUT2D eigenvalue weighted by atomic mass is 16.3. The molecule has 0 spiro atoms. The number of furan rings is 1. The molecular formula is C25H21NO2. The standard InChI is InChI=1S/C25H21NO2/c27-24(14-12-19-8-5-15-28-19)18-11-13-23-22(16-18)20-9-4-10-21(20)25(26-23)17-6-2-1-3-7-17/h1-9,11-16,20-21,25-26H,10H2/b14-12+. The number of hydrogen-bond acceptors (Lipinski definition) is 3. The Balaban J connectivity index is 1.46. The number of hydrogen-bond donors (Lipinski definition) is 1. The van der Waals surface area contributed by atoms with Gasteiger partial charge in [-0.1, -0.05) is 42.5 Å². The van der Waals surface area contributed by atoms with E-state index in [9.17, 15) is 4.79 Å². The van der Waals surface area contributed by atoms with Gasteiger partial charge in [0, 0.05) is 17.2 Å². The van der Waals surface area contributed by atoms with E-state index in [1.807, 2.05) is 30.3 Å². The molecule has 2 aliphatic rings. The smallest absolute Gasteiger partial charge is 0.185 e. The molecule has 3 atom stereocenters. The molecule has 3 unspecified atom stereocenters. The zero-order valence-corrected chi connectivity index (χ0v) is 15.4. The van der Waals surface area contributed by atoms with Gasteiger partial charge in [-0.2, -0.15) is 0 Å².